The maximum atomic E-state index is 12.7. The van der Waals surface area contributed by atoms with E-state index >= 15 is 0 Å². The summed E-state index contributed by atoms with van der Waals surface area (Å²) in [6.45, 7) is 1.49. The van der Waals surface area contributed by atoms with Crippen molar-refractivity contribution in [3.8, 4) is 11.3 Å². The van der Waals surface area contributed by atoms with Crippen LogP contribution in [0.2, 0.25) is 5.02 Å². The van der Waals surface area contributed by atoms with E-state index in [2.05, 4.69) is 5.32 Å². The van der Waals surface area contributed by atoms with Gasteiger partial charge in [0.2, 0.25) is 5.91 Å². The van der Waals surface area contributed by atoms with E-state index in [9.17, 15) is 24.3 Å². The van der Waals surface area contributed by atoms with Gasteiger partial charge in [-0.2, -0.15) is 0 Å². The largest absolute Gasteiger partial charge is 0.545 e. The van der Waals surface area contributed by atoms with Crippen molar-refractivity contribution in [3.63, 3.8) is 0 Å². The Morgan fingerprint density at radius 1 is 1.12 bits per heavy atom. The Morgan fingerprint density at radius 3 is 2.56 bits per heavy atom. The highest BCUT2D eigenvalue weighted by atomic mass is 35.5. The van der Waals surface area contributed by atoms with Gasteiger partial charge in [-0.05, 0) is 60.6 Å². The number of carboxylic acids is 1. The van der Waals surface area contributed by atoms with Crippen molar-refractivity contribution in [1.82, 2.24) is 4.90 Å². The van der Waals surface area contributed by atoms with Crippen molar-refractivity contribution in [3.05, 3.63) is 81.4 Å². The lowest BCUT2D eigenvalue weighted by Gasteiger charge is -2.12. The van der Waals surface area contributed by atoms with E-state index in [0.29, 0.717) is 23.0 Å². The number of hydrogen-bond donors (Lipinski definition) is 1. The molecule has 10 heteroatoms. The van der Waals surface area contributed by atoms with Gasteiger partial charge in [0.1, 0.15) is 18.1 Å². The van der Waals surface area contributed by atoms with Crippen molar-refractivity contribution >= 4 is 58.1 Å². The normalized spacial score (nSPS) is 14.6. The molecular weight excluding hydrogens is 480 g/mol. The highest BCUT2D eigenvalue weighted by molar-refractivity contribution is 8.18. The predicted molar refractivity (Wildman–Crippen MR) is 126 cm³/mol. The molecule has 2 aromatic carbocycles. The van der Waals surface area contributed by atoms with E-state index < -0.39 is 29.6 Å². The van der Waals surface area contributed by atoms with Gasteiger partial charge in [0.15, 0.2) is 0 Å². The Bertz CT molecular complexity index is 1350. The molecule has 3 aromatic rings. The Labute approximate surface area is 203 Å². The minimum absolute atomic E-state index is 0.0672. The summed E-state index contributed by atoms with van der Waals surface area (Å²) in [5.74, 6) is -1.96. The third-order valence-corrected chi connectivity index (χ3v) is 6.12. The van der Waals surface area contributed by atoms with Crippen LogP contribution >= 0.6 is 23.4 Å². The molecule has 0 aliphatic carbocycles. The van der Waals surface area contributed by atoms with Crippen molar-refractivity contribution < 1.29 is 28.7 Å². The number of aryl methyl sites for hydroxylation is 1. The summed E-state index contributed by atoms with van der Waals surface area (Å²) >= 11 is 6.84. The van der Waals surface area contributed by atoms with Gasteiger partial charge < -0.3 is 19.6 Å². The second-order valence-corrected chi connectivity index (χ2v) is 8.77. The van der Waals surface area contributed by atoms with E-state index in [4.69, 9.17) is 16.0 Å². The van der Waals surface area contributed by atoms with Crippen molar-refractivity contribution in [2.24, 2.45) is 0 Å². The number of carbonyl (C=O) groups excluding carboxylic acids is 4. The van der Waals surface area contributed by atoms with Crippen LogP contribution in [0, 0.1) is 6.92 Å². The number of hydrogen-bond acceptors (Lipinski definition) is 7. The molecule has 0 atom stereocenters. The summed E-state index contributed by atoms with van der Waals surface area (Å²) in [6, 6.07) is 14.3. The number of furan rings is 1. The number of anilines is 1. The number of amides is 3. The molecular formula is C24H16ClN2O6S-. The standard InChI is InChI=1S/C24H17ClN2O6S/c1-13-2-5-15(6-3-13)26-21(28)12-27-22(29)20(34-24(27)32)11-16-7-9-19(33-16)17-10-14(23(30)31)4-8-18(17)25/h2-11H,12H2,1H3,(H,26,28)(H,30,31)/p-1/b20-11+. The fourth-order valence-electron chi connectivity index (χ4n) is 3.16. The maximum absolute atomic E-state index is 12.7. The summed E-state index contributed by atoms with van der Waals surface area (Å²) in [5, 5.41) is 13.5. The van der Waals surface area contributed by atoms with E-state index in [0.717, 1.165) is 10.5 Å². The first-order valence-corrected chi connectivity index (χ1v) is 11.1. The fourth-order valence-corrected chi connectivity index (χ4v) is 4.19. The quantitative estimate of drug-likeness (QED) is 0.514. The van der Waals surface area contributed by atoms with E-state index in [1.807, 2.05) is 19.1 Å². The van der Waals surface area contributed by atoms with Crippen LogP contribution in [-0.2, 0) is 9.59 Å². The highest BCUT2D eigenvalue weighted by Crippen LogP contribution is 2.35. The van der Waals surface area contributed by atoms with E-state index in [1.165, 1.54) is 24.3 Å². The molecule has 0 bridgehead atoms. The van der Waals surface area contributed by atoms with Crippen LogP contribution < -0.4 is 10.4 Å². The van der Waals surface area contributed by atoms with Crippen LogP contribution in [0.15, 0.2) is 63.9 Å². The minimum Gasteiger partial charge on any atom is -0.545 e. The van der Waals surface area contributed by atoms with Crippen molar-refractivity contribution in [2.45, 2.75) is 6.92 Å². The number of rotatable bonds is 6. The molecule has 0 saturated carbocycles. The summed E-state index contributed by atoms with van der Waals surface area (Å²) in [4.78, 5) is 49.4. The number of imide groups is 1. The average molecular weight is 496 g/mol. The molecule has 34 heavy (non-hydrogen) atoms. The number of aromatic carboxylic acids is 1. The highest BCUT2D eigenvalue weighted by Gasteiger charge is 2.36. The first-order valence-electron chi connectivity index (χ1n) is 9.94. The molecule has 0 unspecified atom stereocenters. The molecule has 1 saturated heterocycles. The van der Waals surface area contributed by atoms with Gasteiger partial charge in [-0.3, -0.25) is 19.3 Å². The molecule has 2 heterocycles. The van der Waals surface area contributed by atoms with Crippen LogP contribution in [0.5, 0.6) is 0 Å². The molecule has 1 fully saturated rings. The van der Waals surface area contributed by atoms with Crippen LogP contribution in [0.1, 0.15) is 21.7 Å². The molecule has 3 amide bonds. The first kappa shape index (κ1) is 23.3. The van der Waals surface area contributed by atoms with Crippen molar-refractivity contribution in [2.75, 3.05) is 11.9 Å². The number of benzene rings is 2. The molecule has 1 aliphatic rings. The molecule has 8 nitrogen and oxygen atoms in total. The third kappa shape index (κ3) is 5.05. The monoisotopic (exact) mass is 495 g/mol. The van der Waals surface area contributed by atoms with Gasteiger partial charge in [-0.15, -0.1) is 0 Å². The number of carboxylic acid groups (broad SMARTS) is 1. The number of halogens is 1. The molecule has 0 spiro atoms. The lowest BCUT2D eigenvalue weighted by atomic mass is 10.1. The topological polar surface area (TPSA) is 120 Å². The van der Waals surface area contributed by atoms with Gasteiger partial charge in [-0.25, -0.2) is 0 Å². The zero-order valence-corrected chi connectivity index (χ0v) is 19.2. The molecule has 4 rings (SSSR count). The molecule has 172 valence electrons. The summed E-state index contributed by atoms with van der Waals surface area (Å²) in [6.07, 6.45) is 1.38. The van der Waals surface area contributed by atoms with Gasteiger partial charge in [0.05, 0.1) is 15.9 Å². The Balaban J connectivity index is 1.48. The van der Waals surface area contributed by atoms with Gasteiger partial charge in [0.25, 0.3) is 11.1 Å². The zero-order chi connectivity index (χ0) is 24.4. The Morgan fingerprint density at radius 2 is 1.85 bits per heavy atom. The second-order valence-electron chi connectivity index (χ2n) is 7.37. The van der Waals surface area contributed by atoms with Crippen LogP contribution in [0.4, 0.5) is 10.5 Å². The zero-order valence-electron chi connectivity index (χ0n) is 17.7. The SMILES string of the molecule is Cc1ccc(NC(=O)CN2C(=O)S/C(=C/c3ccc(-c4cc(C(=O)[O-])ccc4Cl)o3)C2=O)cc1. The number of nitrogens with one attached hydrogen (secondary N) is 1. The molecule has 1 N–H and O–H groups in total. The lowest BCUT2D eigenvalue weighted by molar-refractivity contribution is -0.255. The van der Waals surface area contributed by atoms with Crippen LogP contribution in [0.3, 0.4) is 0 Å². The predicted octanol–water partition coefficient (Wildman–Crippen LogP) is 3.95. The van der Waals surface area contributed by atoms with Gasteiger partial charge in [0, 0.05) is 17.3 Å². The molecule has 1 aliphatic heterocycles. The van der Waals surface area contributed by atoms with Crippen LogP contribution in [0.25, 0.3) is 17.4 Å². The van der Waals surface area contributed by atoms with E-state index in [1.54, 1.807) is 24.3 Å². The number of carbonyl (C=O) groups is 4. The maximum Gasteiger partial charge on any atom is 0.294 e. The minimum atomic E-state index is -1.36. The summed E-state index contributed by atoms with van der Waals surface area (Å²) in [5.41, 5.74) is 1.86. The number of nitrogens with zero attached hydrogens (tertiary/aromatic N) is 1. The smallest absolute Gasteiger partial charge is 0.294 e. The Hall–Kier alpha value is -3.82. The fraction of sp³-hybridized carbons (Fsp3) is 0.0833. The summed E-state index contributed by atoms with van der Waals surface area (Å²) in [7, 11) is 0. The lowest BCUT2D eigenvalue weighted by Crippen LogP contribution is -2.36. The first-order chi connectivity index (χ1) is 16.2. The average Bonchev–Trinajstić information content (AvgIpc) is 3.35. The molecule has 1 aromatic heterocycles. The second kappa shape index (κ2) is 9.58. The Kier molecular flexibility index (Phi) is 6.58. The van der Waals surface area contributed by atoms with E-state index in [-0.39, 0.29) is 27.0 Å². The van der Waals surface area contributed by atoms with Gasteiger partial charge in [-0.1, -0.05) is 35.4 Å². The van der Waals surface area contributed by atoms with Gasteiger partial charge >= 0.3 is 0 Å². The third-order valence-electron chi connectivity index (χ3n) is 4.88. The summed E-state index contributed by atoms with van der Waals surface area (Å²) < 4.78 is 5.69. The molecule has 0 radical (unpaired) electrons. The van der Waals surface area contributed by atoms with Crippen molar-refractivity contribution in [1.29, 1.82) is 0 Å². The van der Waals surface area contributed by atoms with Crippen LogP contribution in [-0.4, -0.2) is 34.5 Å². The number of thioether (sulfide) groups is 1.